The Balaban J connectivity index is 5.06. The molecule has 18 heavy (non-hydrogen) atoms. The molecule has 0 bridgehead atoms. The van der Waals surface area contributed by atoms with Crippen molar-refractivity contribution in [3.63, 3.8) is 0 Å². The smallest absolute Gasteiger partial charge is 0.349 e. The third-order valence-corrected chi connectivity index (χ3v) is 1.95. The van der Waals surface area contributed by atoms with Crippen molar-refractivity contribution < 1.29 is 23.7 Å². The Morgan fingerprint density at radius 2 is 1.39 bits per heavy atom. The maximum absolute atomic E-state index is 5.59. The fraction of sp³-hybridized carbons (Fsp3) is 0.846. The summed E-state index contributed by atoms with van der Waals surface area (Å²) in [7, 11) is 0. The molecule has 0 amide bonds. The molecule has 5 nitrogen and oxygen atoms in total. The molecule has 0 saturated carbocycles. The highest BCUT2D eigenvalue weighted by molar-refractivity contribution is 4.78. The molecule has 0 aliphatic heterocycles. The molecule has 0 aromatic carbocycles. The van der Waals surface area contributed by atoms with Crippen molar-refractivity contribution in [1.82, 2.24) is 0 Å². The first-order valence-corrected chi connectivity index (χ1v) is 6.41. The zero-order valence-electron chi connectivity index (χ0n) is 12.2. The number of hydrogen-bond donors (Lipinski definition) is 0. The predicted molar refractivity (Wildman–Crippen MR) is 68.9 cm³/mol. The molecular formula is C13H26O5. The summed E-state index contributed by atoms with van der Waals surface area (Å²) in [5.74, 6) is -0.843. The molecule has 0 aromatic heterocycles. The molecule has 0 aromatic rings. The Morgan fingerprint density at radius 3 is 1.67 bits per heavy atom. The van der Waals surface area contributed by atoms with Gasteiger partial charge in [0.15, 0.2) is 0 Å². The van der Waals surface area contributed by atoms with Gasteiger partial charge in [0.25, 0.3) is 6.29 Å². The van der Waals surface area contributed by atoms with E-state index in [9.17, 15) is 0 Å². The molecule has 0 aliphatic carbocycles. The quantitative estimate of drug-likeness (QED) is 0.423. The molecule has 0 radical (unpaired) electrons. The van der Waals surface area contributed by atoms with Crippen LogP contribution in [0.3, 0.4) is 0 Å². The van der Waals surface area contributed by atoms with Gasteiger partial charge in [0.2, 0.25) is 0 Å². The Kier molecular flexibility index (Phi) is 9.01. The monoisotopic (exact) mass is 262 g/mol. The van der Waals surface area contributed by atoms with E-state index in [4.69, 9.17) is 23.7 Å². The number of rotatable bonds is 11. The lowest BCUT2D eigenvalue weighted by Crippen LogP contribution is -2.52. The summed E-state index contributed by atoms with van der Waals surface area (Å²) in [5.41, 5.74) is 0. The van der Waals surface area contributed by atoms with E-state index in [2.05, 4.69) is 6.58 Å². The molecule has 0 aliphatic rings. The molecule has 1 atom stereocenters. The summed E-state index contributed by atoms with van der Waals surface area (Å²) in [5, 5.41) is 0. The summed E-state index contributed by atoms with van der Waals surface area (Å²) in [6.07, 6.45) is -0.806. The van der Waals surface area contributed by atoms with Crippen LogP contribution in [0.4, 0.5) is 0 Å². The summed E-state index contributed by atoms with van der Waals surface area (Å²) >= 11 is 0. The molecule has 0 saturated heterocycles. The number of ether oxygens (including phenoxy) is 5. The van der Waals surface area contributed by atoms with Crippen LogP contribution in [0.1, 0.15) is 34.6 Å². The van der Waals surface area contributed by atoms with Gasteiger partial charge in [-0.2, -0.15) is 0 Å². The van der Waals surface area contributed by atoms with Crippen molar-refractivity contribution >= 4 is 0 Å². The number of allylic oxidation sites excluding steroid dienone is 1. The minimum atomic E-state index is -1.35. The van der Waals surface area contributed by atoms with Crippen LogP contribution in [0, 0.1) is 0 Å². The van der Waals surface area contributed by atoms with Gasteiger partial charge in [0.1, 0.15) is 0 Å². The zero-order chi connectivity index (χ0) is 14.0. The van der Waals surface area contributed by atoms with Crippen LogP contribution in [0.5, 0.6) is 0 Å². The van der Waals surface area contributed by atoms with Gasteiger partial charge in [0.05, 0.1) is 5.76 Å². The highest BCUT2D eigenvalue weighted by atomic mass is 16.9. The van der Waals surface area contributed by atoms with Gasteiger partial charge in [-0.3, -0.25) is 0 Å². The van der Waals surface area contributed by atoms with E-state index in [0.29, 0.717) is 32.2 Å². The molecule has 1 unspecified atom stereocenters. The standard InChI is InChI=1S/C13H26O5/c1-7-14-12(18-11(5)6)13(15-8-2,16-9-3)17-10-4/h12H,5,7-10H2,1-4,6H3. The van der Waals surface area contributed by atoms with Crippen molar-refractivity contribution in [2.75, 3.05) is 26.4 Å². The SMILES string of the molecule is C=C(C)OC(OCC)C(OCC)(OCC)OCC. The Morgan fingerprint density at radius 1 is 0.944 bits per heavy atom. The lowest BCUT2D eigenvalue weighted by molar-refractivity contribution is -0.449. The van der Waals surface area contributed by atoms with Gasteiger partial charge < -0.3 is 23.7 Å². The van der Waals surface area contributed by atoms with Crippen molar-refractivity contribution in [1.29, 1.82) is 0 Å². The van der Waals surface area contributed by atoms with E-state index in [1.165, 1.54) is 0 Å². The minimum absolute atomic E-state index is 0.420. The van der Waals surface area contributed by atoms with Gasteiger partial charge in [-0.25, -0.2) is 0 Å². The Bertz CT molecular complexity index is 212. The lowest BCUT2D eigenvalue weighted by Gasteiger charge is -2.37. The molecule has 108 valence electrons. The van der Waals surface area contributed by atoms with Crippen LogP contribution in [-0.2, 0) is 23.7 Å². The maximum Gasteiger partial charge on any atom is 0.349 e. The number of hydrogen-bond acceptors (Lipinski definition) is 5. The molecular weight excluding hydrogens is 236 g/mol. The van der Waals surface area contributed by atoms with E-state index >= 15 is 0 Å². The molecule has 0 spiro atoms. The fourth-order valence-electron chi connectivity index (χ4n) is 1.48. The molecule has 0 heterocycles. The highest BCUT2D eigenvalue weighted by Crippen LogP contribution is 2.25. The van der Waals surface area contributed by atoms with E-state index in [0.717, 1.165) is 0 Å². The Labute approximate surface area is 110 Å². The maximum atomic E-state index is 5.59. The molecule has 0 rings (SSSR count). The normalized spacial score (nSPS) is 13.4. The Hall–Kier alpha value is -0.620. The lowest BCUT2D eigenvalue weighted by atomic mass is 10.4. The average molecular weight is 262 g/mol. The molecule has 0 fully saturated rings. The van der Waals surface area contributed by atoms with Crippen LogP contribution in [0.25, 0.3) is 0 Å². The minimum Gasteiger partial charge on any atom is -0.462 e. The second-order valence-electron chi connectivity index (χ2n) is 3.51. The summed E-state index contributed by atoms with van der Waals surface area (Å²) in [6, 6.07) is 0. The first kappa shape index (κ1) is 17.4. The van der Waals surface area contributed by atoms with Crippen molar-refractivity contribution in [3.05, 3.63) is 12.3 Å². The van der Waals surface area contributed by atoms with Gasteiger partial charge in [0, 0.05) is 26.4 Å². The second kappa shape index (κ2) is 9.33. The van der Waals surface area contributed by atoms with Crippen LogP contribution in [0.15, 0.2) is 12.3 Å². The highest BCUT2D eigenvalue weighted by Gasteiger charge is 2.45. The zero-order valence-corrected chi connectivity index (χ0v) is 12.2. The summed E-state index contributed by atoms with van der Waals surface area (Å²) < 4.78 is 27.8. The van der Waals surface area contributed by atoms with E-state index < -0.39 is 12.3 Å². The molecule has 0 N–H and O–H groups in total. The first-order chi connectivity index (χ1) is 8.56. The first-order valence-electron chi connectivity index (χ1n) is 6.41. The van der Waals surface area contributed by atoms with E-state index in [-0.39, 0.29) is 0 Å². The van der Waals surface area contributed by atoms with Gasteiger partial charge >= 0.3 is 5.97 Å². The summed E-state index contributed by atoms with van der Waals surface area (Å²) in [6.45, 7) is 14.6. The van der Waals surface area contributed by atoms with Gasteiger partial charge in [-0.1, -0.05) is 6.58 Å². The van der Waals surface area contributed by atoms with Crippen LogP contribution in [0.2, 0.25) is 0 Å². The van der Waals surface area contributed by atoms with Gasteiger partial charge in [-0.15, -0.1) is 0 Å². The van der Waals surface area contributed by atoms with Crippen LogP contribution in [-0.4, -0.2) is 38.7 Å². The van der Waals surface area contributed by atoms with E-state index in [1.54, 1.807) is 6.92 Å². The third-order valence-electron chi connectivity index (χ3n) is 1.95. The van der Waals surface area contributed by atoms with E-state index in [1.807, 2.05) is 27.7 Å². The predicted octanol–water partition coefficient (Wildman–Crippen LogP) is 2.66. The van der Waals surface area contributed by atoms with Gasteiger partial charge in [-0.05, 0) is 34.6 Å². The fourth-order valence-corrected chi connectivity index (χ4v) is 1.48. The second-order valence-corrected chi connectivity index (χ2v) is 3.51. The van der Waals surface area contributed by atoms with Crippen LogP contribution >= 0.6 is 0 Å². The third kappa shape index (κ3) is 5.35. The van der Waals surface area contributed by atoms with Crippen molar-refractivity contribution in [3.8, 4) is 0 Å². The average Bonchev–Trinajstić information content (AvgIpc) is 2.29. The molecule has 5 heteroatoms. The van der Waals surface area contributed by atoms with Crippen molar-refractivity contribution in [2.45, 2.75) is 46.9 Å². The van der Waals surface area contributed by atoms with Crippen molar-refractivity contribution in [2.24, 2.45) is 0 Å². The summed E-state index contributed by atoms with van der Waals surface area (Å²) in [4.78, 5) is 0. The largest absolute Gasteiger partial charge is 0.462 e. The van der Waals surface area contributed by atoms with Crippen LogP contribution < -0.4 is 0 Å². The topological polar surface area (TPSA) is 46.2 Å².